The summed E-state index contributed by atoms with van der Waals surface area (Å²) in [6.45, 7) is 5.38. The third kappa shape index (κ3) is 2.04. The SMILES string of the molecule is CCC1(Cn2c(CCl)nc3c(C)ccnc32)CCC1. The molecular weight excluding hydrogens is 258 g/mol. The summed E-state index contributed by atoms with van der Waals surface area (Å²) in [6.07, 6.45) is 7.07. The van der Waals surface area contributed by atoms with Gasteiger partial charge in [0.2, 0.25) is 0 Å². The number of fused-ring (bicyclic) bond motifs is 1. The minimum absolute atomic E-state index is 0.444. The van der Waals surface area contributed by atoms with E-state index in [1.54, 1.807) is 0 Å². The van der Waals surface area contributed by atoms with Crippen molar-refractivity contribution in [2.24, 2.45) is 5.41 Å². The molecule has 3 rings (SSSR count). The number of alkyl halides is 1. The number of rotatable bonds is 4. The number of aryl methyl sites for hydroxylation is 1. The van der Waals surface area contributed by atoms with Gasteiger partial charge >= 0.3 is 0 Å². The number of hydrogen-bond acceptors (Lipinski definition) is 2. The Morgan fingerprint density at radius 2 is 2.21 bits per heavy atom. The van der Waals surface area contributed by atoms with E-state index in [4.69, 9.17) is 11.6 Å². The number of nitrogens with zero attached hydrogens (tertiary/aromatic N) is 3. The standard InChI is InChI=1S/C15H20ClN3/c1-3-15(6-4-7-15)10-19-12(9-16)18-13-11(2)5-8-17-14(13)19/h5,8H,3-4,6-7,9-10H2,1-2H3. The minimum Gasteiger partial charge on any atom is -0.311 e. The second-order valence-corrected chi connectivity index (χ2v) is 6.02. The van der Waals surface area contributed by atoms with Crippen molar-refractivity contribution in [2.75, 3.05) is 0 Å². The molecule has 1 fully saturated rings. The van der Waals surface area contributed by atoms with Gasteiger partial charge in [0.25, 0.3) is 0 Å². The van der Waals surface area contributed by atoms with E-state index in [0.717, 1.165) is 23.5 Å². The predicted octanol–water partition coefficient (Wildman–Crippen LogP) is 4.06. The van der Waals surface area contributed by atoms with Gasteiger partial charge in [-0.15, -0.1) is 11.6 Å². The summed E-state index contributed by atoms with van der Waals surface area (Å²) in [5, 5.41) is 0. The lowest BCUT2D eigenvalue weighted by Crippen LogP contribution is -2.34. The number of aromatic nitrogens is 3. The van der Waals surface area contributed by atoms with Crippen molar-refractivity contribution in [2.45, 2.75) is 52.0 Å². The largest absolute Gasteiger partial charge is 0.311 e. The van der Waals surface area contributed by atoms with Crippen LogP contribution >= 0.6 is 11.6 Å². The topological polar surface area (TPSA) is 30.7 Å². The van der Waals surface area contributed by atoms with Gasteiger partial charge in [0, 0.05) is 12.7 Å². The maximum absolute atomic E-state index is 6.08. The molecule has 0 spiro atoms. The molecule has 0 unspecified atom stereocenters. The van der Waals surface area contributed by atoms with Gasteiger partial charge in [-0.25, -0.2) is 9.97 Å². The number of halogens is 1. The average Bonchev–Trinajstić information content (AvgIpc) is 2.73. The second-order valence-electron chi connectivity index (χ2n) is 5.75. The van der Waals surface area contributed by atoms with Crippen LogP contribution in [0.1, 0.15) is 44.0 Å². The Labute approximate surface area is 119 Å². The lowest BCUT2D eigenvalue weighted by atomic mass is 9.67. The number of hydrogen-bond donors (Lipinski definition) is 0. The zero-order valence-corrected chi connectivity index (χ0v) is 12.4. The van der Waals surface area contributed by atoms with E-state index in [1.165, 1.54) is 31.2 Å². The quantitative estimate of drug-likeness (QED) is 0.789. The Morgan fingerprint density at radius 3 is 2.79 bits per heavy atom. The fourth-order valence-electron chi connectivity index (χ4n) is 3.09. The molecule has 0 aliphatic heterocycles. The molecule has 1 aliphatic rings. The van der Waals surface area contributed by atoms with Crippen LogP contribution in [0.15, 0.2) is 12.3 Å². The van der Waals surface area contributed by atoms with Crippen molar-refractivity contribution in [3.05, 3.63) is 23.7 Å². The van der Waals surface area contributed by atoms with Crippen LogP contribution in [0.4, 0.5) is 0 Å². The Kier molecular flexibility index (Phi) is 3.25. The first-order chi connectivity index (χ1) is 9.19. The molecule has 0 saturated heterocycles. The first-order valence-electron chi connectivity index (χ1n) is 7.06. The van der Waals surface area contributed by atoms with Crippen LogP contribution in [0.25, 0.3) is 11.2 Å². The highest BCUT2D eigenvalue weighted by Gasteiger charge is 2.36. The van der Waals surface area contributed by atoms with Crippen LogP contribution in [0.3, 0.4) is 0 Å². The Morgan fingerprint density at radius 1 is 1.42 bits per heavy atom. The fraction of sp³-hybridized carbons (Fsp3) is 0.600. The summed E-state index contributed by atoms with van der Waals surface area (Å²) in [4.78, 5) is 9.21. The molecule has 2 aromatic rings. The van der Waals surface area contributed by atoms with Crippen molar-refractivity contribution in [3.8, 4) is 0 Å². The highest BCUT2D eigenvalue weighted by Crippen LogP contribution is 2.45. The molecule has 4 heteroatoms. The van der Waals surface area contributed by atoms with Gasteiger partial charge in [0.05, 0.1) is 5.88 Å². The van der Waals surface area contributed by atoms with E-state index in [9.17, 15) is 0 Å². The van der Waals surface area contributed by atoms with Crippen LogP contribution in [-0.4, -0.2) is 14.5 Å². The van der Waals surface area contributed by atoms with Crippen molar-refractivity contribution in [1.82, 2.24) is 14.5 Å². The summed E-state index contributed by atoms with van der Waals surface area (Å²) in [7, 11) is 0. The van der Waals surface area contributed by atoms with Crippen molar-refractivity contribution < 1.29 is 0 Å². The smallest absolute Gasteiger partial charge is 0.160 e. The van der Waals surface area contributed by atoms with Crippen LogP contribution in [-0.2, 0) is 12.4 Å². The molecule has 102 valence electrons. The van der Waals surface area contributed by atoms with Crippen molar-refractivity contribution in [3.63, 3.8) is 0 Å². The third-order valence-electron chi connectivity index (χ3n) is 4.69. The first-order valence-corrected chi connectivity index (χ1v) is 7.59. The molecule has 2 heterocycles. The number of pyridine rings is 1. The Bertz CT molecular complexity index is 593. The average molecular weight is 278 g/mol. The van der Waals surface area contributed by atoms with Crippen LogP contribution in [0.5, 0.6) is 0 Å². The lowest BCUT2D eigenvalue weighted by molar-refractivity contribution is 0.101. The van der Waals surface area contributed by atoms with Crippen LogP contribution < -0.4 is 0 Å². The zero-order chi connectivity index (χ0) is 13.5. The van der Waals surface area contributed by atoms with Crippen molar-refractivity contribution >= 4 is 22.8 Å². The molecule has 19 heavy (non-hydrogen) atoms. The molecule has 1 saturated carbocycles. The van der Waals surface area contributed by atoms with Crippen molar-refractivity contribution in [1.29, 1.82) is 0 Å². The molecule has 0 atom stereocenters. The Hall–Kier alpha value is -1.09. The minimum atomic E-state index is 0.444. The van der Waals surface area contributed by atoms with Crippen LogP contribution in [0, 0.1) is 12.3 Å². The van der Waals surface area contributed by atoms with Gasteiger partial charge in [-0.2, -0.15) is 0 Å². The Balaban J connectivity index is 2.08. The van der Waals surface area contributed by atoms with Gasteiger partial charge in [-0.05, 0) is 43.2 Å². The maximum Gasteiger partial charge on any atom is 0.160 e. The van der Waals surface area contributed by atoms with Gasteiger partial charge in [0.15, 0.2) is 5.65 Å². The maximum atomic E-state index is 6.08. The molecule has 0 radical (unpaired) electrons. The van der Waals surface area contributed by atoms with E-state index < -0.39 is 0 Å². The molecule has 0 N–H and O–H groups in total. The molecular formula is C15H20ClN3. The summed E-state index contributed by atoms with van der Waals surface area (Å²) >= 11 is 6.08. The summed E-state index contributed by atoms with van der Waals surface area (Å²) in [5.41, 5.74) is 3.62. The highest BCUT2D eigenvalue weighted by atomic mass is 35.5. The van der Waals surface area contributed by atoms with Gasteiger partial charge in [0.1, 0.15) is 11.3 Å². The van der Waals surface area contributed by atoms with Gasteiger partial charge < -0.3 is 4.57 Å². The van der Waals surface area contributed by atoms with E-state index in [2.05, 4.69) is 28.4 Å². The first kappa shape index (κ1) is 12.9. The van der Waals surface area contributed by atoms with E-state index in [0.29, 0.717) is 11.3 Å². The zero-order valence-electron chi connectivity index (χ0n) is 11.6. The molecule has 2 aromatic heterocycles. The van der Waals surface area contributed by atoms with E-state index in [-0.39, 0.29) is 0 Å². The fourth-order valence-corrected chi connectivity index (χ4v) is 3.29. The van der Waals surface area contributed by atoms with E-state index >= 15 is 0 Å². The molecule has 0 amide bonds. The van der Waals surface area contributed by atoms with Gasteiger partial charge in [-0.1, -0.05) is 13.3 Å². The molecule has 3 nitrogen and oxygen atoms in total. The second kappa shape index (κ2) is 4.78. The summed E-state index contributed by atoms with van der Waals surface area (Å²) < 4.78 is 2.25. The highest BCUT2D eigenvalue weighted by molar-refractivity contribution is 6.16. The summed E-state index contributed by atoms with van der Waals surface area (Å²) in [5.74, 6) is 1.41. The third-order valence-corrected chi connectivity index (χ3v) is 4.93. The van der Waals surface area contributed by atoms with E-state index in [1.807, 2.05) is 12.3 Å². The number of imidazole rings is 1. The normalized spacial score (nSPS) is 17.6. The monoisotopic (exact) mass is 277 g/mol. The van der Waals surface area contributed by atoms with Gasteiger partial charge in [-0.3, -0.25) is 0 Å². The molecule has 0 bridgehead atoms. The predicted molar refractivity (Wildman–Crippen MR) is 78.4 cm³/mol. The summed E-state index contributed by atoms with van der Waals surface area (Å²) in [6, 6.07) is 2.01. The van der Waals surface area contributed by atoms with Crippen LogP contribution in [0.2, 0.25) is 0 Å². The molecule has 0 aromatic carbocycles. The molecule has 1 aliphatic carbocycles. The lowest BCUT2D eigenvalue weighted by Gasteiger charge is -2.41.